The molecule has 0 unspecified atom stereocenters. The monoisotopic (exact) mass is 394 g/mol. The number of nitrogens with one attached hydrogen (secondary N) is 1. The number of hydrogen-bond donors (Lipinski definition) is 2. The number of amides is 1. The third kappa shape index (κ3) is 8.10. The van der Waals surface area contributed by atoms with Crippen molar-refractivity contribution in [3.8, 4) is 11.4 Å². The minimum atomic E-state index is -0.0399. The van der Waals surface area contributed by atoms with Crippen molar-refractivity contribution < 1.29 is 9.32 Å². The third-order valence-electron chi connectivity index (χ3n) is 4.28. The molecular weight excluding hydrogens is 364 g/mol. The fourth-order valence-electron chi connectivity index (χ4n) is 2.71. The van der Waals surface area contributed by atoms with E-state index >= 15 is 0 Å². The van der Waals surface area contributed by atoms with Crippen molar-refractivity contribution in [2.24, 2.45) is 5.73 Å². The maximum Gasteiger partial charge on any atom is 0.251 e. The maximum atomic E-state index is 12.2. The minimum absolute atomic E-state index is 0. The fourth-order valence-corrected chi connectivity index (χ4v) is 2.71. The van der Waals surface area contributed by atoms with Crippen LogP contribution >= 0.6 is 12.4 Å². The Morgan fingerprint density at radius 2 is 1.78 bits per heavy atom. The van der Waals surface area contributed by atoms with Crippen LogP contribution in [0.15, 0.2) is 28.8 Å². The molecule has 0 bridgehead atoms. The molecule has 2 rings (SSSR count). The Bertz CT molecular complexity index is 658. The molecule has 0 aliphatic rings. The molecule has 2 aromatic rings. The van der Waals surface area contributed by atoms with Gasteiger partial charge in [0.15, 0.2) is 0 Å². The number of carbonyl (C=O) groups excluding carboxylic acids is 1. The van der Waals surface area contributed by atoms with Gasteiger partial charge in [-0.25, -0.2) is 0 Å². The summed E-state index contributed by atoms with van der Waals surface area (Å²) >= 11 is 0. The van der Waals surface area contributed by atoms with E-state index in [1.807, 2.05) is 12.1 Å². The zero-order chi connectivity index (χ0) is 18.6. The van der Waals surface area contributed by atoms with Crippen LogP contribution in [0.3, 0.4) is 0 Å². The molecule has 3 N–H and O–H groups in total. The van der Waals surface area contributed by atoms with Crippen LogP contribution in [0.25, 0.3) is 11.4 Å². The average Bonchev–Trinajstić information content (AvgIpc) is 3.14. The smallest absolute Gasteiger partial charge is 0.251 e. The van der Waals surface area contributed by atoms with Crippen molar-refractivity contribution in [1.29, 1.82) is 0 Å². The molecule has 0 saturated carbocycles. The molecule has 1 amide bonds. The Morgan fingerprint density at radius 3 is 2.48 bits per heavy atom. The van der Waals surface area contributed by atoms with E-state index in [0.29, 0.717) is 30.2 Å². The lowest BCUT2D eigenvalue weighted by Gasteiger charge is -2.05. The number of nitrogens with two attached hydrogens (primary N) is 1. The number of aromatic nitrogens is 2. The van der Waals surface area contributed by atoms with E-state index in [-0.39, 0.29) is 18.3 Å². The molecule has 0 spiro atoms. The van der Waals surface area contributed by atoms with Gasteiger partial charge < -0.3 is 15.6 Å². The summed E-state index contributed by atoms with van der Waals surface area (Å²) in [4.78, 5) is 16.5. The molecule has 1 aromatic carbocycles. The summed E-state index contributed by atoms with van der Waals surface area (Å²) in [6.07, 6.45) is 8.79. The van der Waals surface area contributed by atoms with E-state index in [9.17, 15) is 4.79 Å². The molecule has 0 saturated heterocycles. The van der Waals surface area contributed by atoms with E-state index in [4.69, 9.17) is 10.3 Å². The van der Waals surface area contributed by atoms with Crippen LogP contribution < -0.4 is 11.1 Å². The summed E-state index contributed by atoms with van der Waals surface area (Å²) in [7, 11) is 0. The third-order valence-corrected chi connectivity index (χ3v) is 4.28. The Kier molecular flexibility index (Phi) is 11.4. The number of carbonyl (C=O) groups is 1. The Balaban J connectivity index is 0.00000364. The van der Waals surface area contributed by atoms with Gasteiger partial charge in [0, 0.05) is 24.1 Å². The van der Waals surface area contributed by atoms with Gasteiger partial charge >= 0.3 is 0 Å². The molecule has 1 heterocycles. The Labute approximate surface area is 167 Å². The van der Waals surface area contributed by atoms with Crippen LogP contribution in [-0.4, -0.2) is 29.1 Å². The van der Waals surface area contributed by atoms with E-state index in [1.165, 1.54) is 32.1 Å². The van der Waals surface area contributed by atoms with Gasteiger partial charge in [-0.05, 0) is 31.5 Å². The summed E-state index contributed by atoms with van der Waals surface area (Å²) in [5.74, 6) is 1.09. The average molecular weight is 395 g/mol. The normalized spacial score (nSPS) is 10.4. The number of aryl methyl sites for hydroxylation is 1. The van der Waals surface area contributed by atoms with Gasteiger partial charge in [-0.3, -0.25) is 4.79 Å². The molecule has 1 aromatic heterocycles. The van der Waals surface area contributed by atoms with Gasteiger partial charge in [0.25, 0.3) is 5.91 Å². The van der Waals surface area contributed by atoms with Crippen LogP contribution in [0.2, 0.25) is 0 Å². The molecule has 0 atom stereocenters. The molecule has 27 heavy (non-hydrogen) atoms. The highest BCUT2D eigenvalue weighted by Gasteiger charge is 2.10. The second-order valence-electron chi connectivity index (χ2n) is 6.50. The standard InChI is InChI=1S/C20H30N4O2.ClH/c1-2-3-4-5-6-7-15-22-20(25)17-12-10-16(11-13-17)19-23-18(26-24-19)9-8-14-21;/h10-13H,2-9,14-15,21H2,1H3,(H,22,25);1H. The summed E-state index contributed by atoms with van der Waals surface area (Å²) in [6, 6.07) is 7.28. The number of halogens is 1. The van der Waals surface area contributed by atoms with Gasteiger partial charge in [0.2, 0.25) is 11.7 Å². The van der Waals surface area contributed by atoms with E-state index < -0.39 is 0 Å². The van der Waals surface area contributed by atoms with Crippen molar-refractivity contribution in [2.75, 3.05) is 13.1 Å². The molecule has 150 valence electrons. The van der Waals surface area contributed by atoms with Crippen molar-refractivity contribution in [3.63, 3.8) is 0 Å². The fraction of sp³-hybridized carbons (Fsp3) is 0.550. The Hall–Kier alpha value is -1.92. The van der Waals surface area contributed by atoms with Gasteiger partial charge in [-0.15, -0.1) is 12.4 Å². The minimum Gasteiger partial charge on any atom is -0.352 e. The first-order chi connectivity index (χ1) is 12.7. The lowest BCUT2D eigenvalue weighted by atomic mass is 10.1. The Morgan fingerprint density at radius 1 is 1.07 bits per heavy atom. The summed E-state index contributed by atoms with van der Waals surface area (Å²) in [5, 5.41) is 6.95. The van der Waals surface area contributed by atoms with Crippen LogP contribution in [0.4, 0.5) is 0 Å². The highest BCUT2D eigenvalue weighted by atomic mass is 35.5. The maximum absolute atomic E-state index is 12.2. The molecule has 0 radical (unpaired) electrons. The number of rotatable bonds is 12. The van der Waals surface area contributed by atoms with Gasteiger partial charge in [0.05, 0.1) is 0 Å². The van der Waals surface area contributed by atoms with E-state index in [0.717, 1.165) is 24.9 Å². The molecular formula is C20H31ClN4O2. The van der Waals surface area contributed by atoms with Crippen LogP contribution in [0.1, 0.15) is 68.1 Å². The topological polar surface area (TPSA) is 94.0 Å². The highest BCUT2D eigenvalue weighted by Crippen LogP contribution is 2.17. The zero-order valence-corrected chi connectivity index (χ0v) is 16.9. The molecule has 6 nitrogen and oxygen atoms in total. The van der Waals surface area contributed by atoms with Crippen molar-refractivity contribution >= 4 is 18.3 Å². The van der Waals surface area contributed by atoms with Crippen LogP contribution in [0, 0.1) is 0 Å². The predicted molar refractivity (Wildman–Crippen MR) is 110 cm³/mol. The number of unbranched alkanes of at least 4 members (excludes halogenated alkanes) is 5. The molecule has 0 aliphatic carbocycles. The van der Waals surface area contributed by atoms with Gasteiger partial charge in [-0.2, -0.15) is 4.98 Å². The molecule has 0 aliphatic heterocycles. The van der Waals surface area contributed by atoms with E-state index in [2.05, 4.69) is 22.4 Å². The number of hydrogen-bond acceptors (Lipinski definition) is 5. The highest BCUT2D eigenvalue weighted by molar-refractivity contribution is 5.94. The quantitative estimate of drug-likeness (QED) is 0.527. The SMILES string of the molecule is CCCCCCCCNC(=O)c1ccc(-c2noc(CCCN)n2)cc1.Cl. The summed E-state index contributed by atoms with van der Waals surface area (Å²) in [6.45, 7) is 3.54. The first kappa shape index (κ1) is 23.1. The van der Waals surface area contributed by atoms with Crippen LogP contribution in [0.5, 0.6) is 0 Å². The summed E-state index contributed by atoms with van der Waals surface area (Å²) < 4.78 is 5.20. The second kappa shape index (κ2) is 13.3. The number of benzene rings is 1. The predicted octanol–water partition coefficient (Wildman–Crippen LogP) is 4.14. The van der Waals surface area contributed by atoms with Crippen molar-refractivity contribution in [2.45, 2.75) is 58.3 Å². The zero-order valence-electron chi connectivity index (χ0n) is 16.1. The molecule has 0 fully saturated rings. The second-order valence-corrected chi connectivity index (χ2v) is 6.50. The molecule has 7 heteroatoms. The van der Waals surface area contributed by atoms with Crippen molar-refractivity contribution in [1.82, 2.24) is 15.5 Å². The van der Waals surface area contributed by atoms with E-state index in [1.54, 1.807) is 12.1 Å². The first-order valence-corrected chi connectivity index (χ1v) is 9.66. The number of nitrogens with zero attached hydrogens (tertiary/aromatic N) is 2. The van der Waals surface area contributed by atoms with Crippen molar-refractivity contribution in [3.05, 3.63) is 35.7 Å². The lowest BCUT2D eigenvalue weighted by molar-refractivity contribution is 0.0953. The summed E-state index contributed by atoms with van der Waals surface area (Å²) in [5.41, 5.74) is 6.96. The largest absolute Gasteiger partial charge is 0.352 e. The van der Waals surface area contributed by atoms with Gasteiger partial charge in [0.1, 0.15) is 0 Å². The van der Waals surface area contributed by atoms with Crippen LogP contribution in [-0.2, 0) is 6.42 Å². The van der Waals surface area contributed by atoms with Gasteiger partial charge in [-0.1, -0.05) is 56.3 Å². The lowest BCUT2D eigenvalue weighted by Crippen LogP contribution is -2.24. The first-order valence-electron chi connectivity index (χ1n) is 9.66.